The molecule has 0 saturated carbocycles. The summed E-state index contributed by atoms with van der Waals surface area (Å²) in [5, 5.41) is 22.7. The highest BCUT2D eigenvalue weighted by molar-refractivity contribution is 5.94. The number of amides is 1. The number of aromatic nitrogens is 5. The van der Waals surface area contributed by atoms with Crippen LogP contribution in [0.1, 0.15) is 22.6 Å². The molecular formula is C25H19F5N6O2. The van der Waals surface area contributed by atoms with E-state index in [2.05, 4.69) is 38.9 Å². The number of carbonyl (C=O) groups excluding carboxylic acids is 1. The fourth-order valence-corrected chi connectivity index (χ4v) is 2.84. The zero-order valence-electron chi connectivity index (χ0n) is 19.4. The van der Waals surface area contributed by atoms with Gasteiger partial charge < -0.3 is 10.4 Å². The molecule has 1 unspecified atom stereocenters. The maximum Gasteiger partial charge on any atom is 0.471 e. The molecular weight excluding hydrogens is 511 g/mol. The molecule has 3 aromatic rings. The average Bonchev–Trinajstić information content (AvgIpc) is 3.32. The normalized spacial score (nSPS) is 12.8. The van der Waals surface area contributed by atoms with Gasteiger partial charge in [-0.1, -0.05) is 42.7 Å². The van der Waals surface area contributed by atoms with Gasteiger partial charge in [-0.15, -0.1) is 5.10 Å². The molecule has 3 rings (SSSR count). The number of allylic oxidation sites excluding steroid dienone is 4. The van der Waals surface area contributed by atoms with Gasteiger partial charge in [0.1, 0.15) is 11.8 Å². The van der Waals surface area contributed by atoms with Gasteiger partial charge in [-0.05, 0) is 52.9 Å². The topological polar surface area (TPSA) is 106 Å². The first kappa shape index (κ1) is 27.9. The fourth-order valence-electron chi connectivity index (χ4n) is 2.84. The minimum absolute atomic E-state index is 0.0703. The number of hydrogen-bond acceptors (Lipinski definition) is 6. The Hall–Kier alpha value is -4.70. The van der Waals surface area contributed by atoms with E-state index in [1.807, 2.05) is 0 Å². The van der Waals surface area contributed by atoms with Crippen molar-refractivity contribution in [3.63, 3.8) is 0 Å². The first-order valence-corrected chi connectivity index (χ1v) is 10.8. The molecule has 0 aliphatic rings. The van der Waals surface area contributed by atoms with Crippen molar-refractivity contribution in [3.8, 4) is 11.8 Å². The highest BCUT2D eigenvalue weighted by atomic mass is 19.4. The standard InChI is InChI=1S/C25H19F5N6O2/c1-2-3-4-5-6-22-33-34-35-36(22)16-21(37)24(26,27)20-14-11-18(15-31-20)8-7-17-9-12-19(13-10-17)32-23(38)25(28,29)30/h2-6,9-15,21,37H,1,16H2,(H,32,38)/b4-3-,6-5+. The Morgan fingerprint density at radius 2 is 1.74 bits per heavy atom. The Bertz CT molecular complexity index is 1380. The molecule has 13 heteroatoms. The lowest BCUT2D eigenvalue weighted by atomic mass is 10.1. The van der Waals surface area contributed by atoms with Crippen molar-refractivity contribution in [1.29, 1.82) is 0 Å². The number of benzene rings is 1. The van der Waals surface area contributed by atoms with E-state index >= 15 is 0 Å². The molecule has 1 atom stereocenters. The van der Waals surface area contributed by atoms with Gasteiger partial charge in [0.05, 0.1) is 6.54 Å². The predicted octanol–water partition coefficient (Wildman–Crippen LogP) is 3.88. The molecule has 0 aliphatic carbocycles. The van der Waals surface area contributed by atoms with Gasteiger partial charge in [-0.2, -0.15) is 22.0 Å². The van der Waals surface area contributed by atoms with Crippen LogP contribution in [-0.4, -0.2) is 48.5 Å². The molecule has 38 heavy (non-hydrogen) atoms. The van der Waals surface area contributed by atoms with Crippen molar-refractivity contribution >= 4 is 17.7 Å². The molecule has 2 aromatic heterocycles. The number of carbonyl (C=O) groups is 1. The van der Waals surface area contributed by atoms with Gasteiger partial charge >= 0.3 is 18.0 Å². The number of anilines is 1. The number of alkyl halides is 5. The number of halogens is 5. The Labute approximate surface area is 213 Å². The lowest BCUT2D eigenvalue weighted by molar-refractivity contribution is -0.167. The lowest BCUT2D eigenvalue weighted by Crippen LogP contribution is -2.36. The van der Waals surface area contributed by atoms with E-state index in [0.29, 0.717) is 5.56 Å². The zero-order chi connectivity index (χ0) is 27.8. The molecule has 0 fully saturated rings. The summed E-state index contributed by atoms with van der Waals surface area (Å²) in [4.78, 5) is 14.7. The van der Waals surface area contributed by atoms with Crippen LogP contribution in [0.5, 0.6) is 0 Å². The monoisotopic (exact) mass is 530 g/mol. The van der Waals surface area contributed by atoms with E-state index in [-0.39, 0.29) is 17.1 Å². The largest absolute Gasteiger partial charge is 0.471 e. The van der Waals surface area contributed by atoms with E-state index in [4.69, 9.17) is 0 Å². The maximum atomic E-state index is 14.8. The molecule has 0 bridgehead atoms. The molecule has 2 heterocycles. The smallest absolute Gasteiger partial charge is 0.384 e. The summed E-state index contributed by atoms with van der Waals surface area (Å²) in [6.07, 6.45) is 1.78. The summed E-state index contributed by atoms with van der Waals surface area (Å²) in [7, 11) is 0. The molecule has 196 valence electrons. The second kappa shape index (κ2) is 12.0. The van der Waals surface area contributed by atoms with Crippen molar-refractivity contribution < 1.29 is 31.9 Å². The van der Waals surface area contributed by atoms with Crippen molar-refractivity contribution in [3.05, 3.63) is 96.1 Å². The van der Waals surface area contributed by atoms with Gasteiger partial charge in [-0.25, -0.2) is 4.68 Å². The third kappa shape index (κ3) is 7.40. The summed E-state index contributed by atoms with van der Waals surface area (Å²) in [6, 6.07) is 7.53. The van der Waals surface area contributed by atoms with E-state index in [1.165, 1.54) is 36.4 Å². The van der Waals surface area contributed by atoms with Crippen LogP contribution in [0.25, 0.3) is 6.08 Å². The fraction of sp³-hybridized carbons (Fsp3) is 0.160. The van der Waals surface area contributed by atoms with Crippen molar-refractivity contribution in [2.75, 3.05) is 5.32 Å². The highest BCUT2D eigenvalue weighted by Crippen LogP contribution is 2.31. The average molecular weight is 530 g/mol. The first-order valence-electron chi connectivity index (χ1n) is 10.8. The van der Waals surface area contributed by atoms with Crippen LogP contribution in [0.15, 0.2) is 73.5 Å². The number of pyridine rings is 1. The van der Waals surface area contributed by atoms with E-state index in [1.54, 1.807) is 29.6 Å². The summed E-state index contributed by atoms with van der Waals surface area (Å²) in [5.41, 5.74) is -0.0986. The maximum absolute atomic E-state index is 14.8. The molecule has 2 N–H and O–H groups in total. The van der Waals surface area contributed by atoms with Gasteiger partial charge in [0.25, 0.3) is 0 Å². The Balaban J connectivity index is 1.65. The lowest BCUT2D eigenvalue weighted by Gasteiger charge is -2.22. The number of tetrazole rings is 1. The SMILES string of the molecule is C=C/C=C\C=C\c1nnnn1CC(O)C(F)(F)c1ccc(C#Cc2ccc(NC(=O)C(F)(F)F)cc2)cn1. The molecule has 0 saturated heterocycles. The number of aliphatic hydroxyl groups excluding tert-OH is 1. The molecule has 8 nitrogen and oxygen atoms in total. The first-order chi connectivity index (χ1) is 18.0. The Morgan fingerprint density at radius 1 is 1.05 bits per heavy atom. The van der Waals surface area contributed by atoms with Crippen LogP contribution >= 0.6 is 0 Å². The summed E-state index contributed by atoms with van der Waals surface area (Å²) >= 11 is 0. The zero-order valence-corrected chi connectivity index (χ0v) is 19.4. The number of rotatable bonds is 8. The van der Waals surface area contributed by atoms with Crippen LogP contribution in [-0.2, 0) is 17.3 Å². The van der Waals surface area contributed by atoms with Crippen molar-refractivity contribution in [2.24, 2.45) is 0 Å². The van der Waals surface area contributed by atoms with Gasteiger partial charge in [0, 0.05) is 23.0 Å². The predicted molar refractivity (Wildman–Crippen MR) is 127 cm³/mol. The van der Waals surface area contributed by atoms with Gasteiger partial charge in [0.2, 0.25) is 0 Å². The minimum Gasteiger partial charge on any atom is -0.384 e. The quantitative estimate of drug-likeness (QED) is 0.260. The number of hydrogen-bond donors (Lipinski definition) is 2. The van der Waals surface area contributed by atoms with E-state index < -0.39 is 36.3 Å². The van der Waals surface area contributed by atoms with Crippen LogP contribution in [0.3, 0.4) is 0 Å². The number of nitrogens with zero attached hydrogens (tertiary/aromatic N) is 5. The Morgan fingerprint density at radius 3 is 2.37 bits per heavy atom. The third-order valence-corrected chi connectivity index (χ3v) is 4.78. The van der Waals surface area contributed by atoms with Crippen LogP contribution < -0.4 is 5.32 Å². The van der Waals surface area contributed by atoms with Crippen LogP contribution in [0, 0.1) is 11.8 Å². The summed E-state index contributed by atoms with van der Waals surface area (Å²) < 4.78 is 67.6. The number of aliphatic hydroxyl groups is 1. The van der Waals surface area contributed by atoms with E-state index in [0.717, 1.165) is 16.9 Å². The molecule has 0 radical (unpaired) electrons. The van der Waals surface area contributed by atoms with Crippen molar-refractivity contribution in [1.82, 2.24) is 25.2 Å². The molecule has 0 aliphatic heterocycles. The van der Waals surface area contributed by atoms with E-state index in [9.17, 15) is 31.9 Å². The van der Waals surface area contributed by atoms with Gasteiger partial charge in [0.15, 0.2) is 5.82 Å². The summed E-state index contributed by atoms with van der Waals surface area (Å²) in [6.45, 7) is 2.91. The van der Waals surface area contributed by atoms with Gasteiger partial charge in [-0.3, -0.25) is 9.78 Å². The third-order valence-electron chi connectivity index (χ3n) is 4.78. The highest BCUT2D eigenvalue weighted by Gasteiger charge is 2.42. The minimum atomic E-state index is -5.01. The van der Waals surface area contributed by atoms with Crippen LogP contribution in [0.4, 0.5) is 27.6 Å². The molecule has 1 amide bonds. The van der Waals surface area contributed by atoms with Crippen molar-refractivity contribution in [2.45, 2.75) is 24.7 Å². The van der Waals surface area contributed by atoms with Crippen LogP contribution in [0.2, 0.25) is 0 Å². The number of nitrogens with one attached hydrogen (secondary N) is 1. The molecule has 0 spiro atoms. The second-order valence-corrected chi connectivity index (χ2v) is 7.55. The molecule has 1 aromatic carbocycles. The summed E-state index contributed by atoms with van der Waals surface area (Å²) in [5.74, 6) is -0.285. The second-order valence-electron chi connectivity index (χ2n) is 7.55. The Kier molecular flexibility index (Phi) is 8.82.